The number of carbonyl (C=O) groups is 1. The number of fused-ring (bicyclic) bond motifs is 1. The van der Waals surface area contributed by atoms with Gasteiger partial charge in [-0.05, 0) is 53.8 Å². The van der Waals surface area contributed by atoms with Crippen LogP contribution in [0.5, 0.6) is 0 Å². The van der Waals surface area contributed by atoms with E-state index in [4.69, 9.17) is 11.6 Å². The zero-order valence-electron chi connectivity index (χ0n) is 11.6. The molecule has 0 saturated carbocycles. The quantitative estimate of drug-likeness (QED) is 0.743. The molecule has 3 nitrogen and oxygen atoms in total. The summed E-state index contributed by atoms with van der Waals surface area (Å²) >= 11 is 5.91. The molecular formula is C17H15ClN2O. The molecule has 2 N–H and O–H groups in total. The minimum absolute atomic E-state index is 0.0358. The summed E-state index contributed by atoms with van der Waals surface area (Å²) < 4.78 is 0. The van der Waals surface area contributed by atoms with Crippen LogP contribution in [0, 0.1) is 6.92 Å². The maximum absolute atomic E-state index is 12.1. The first-order chi connectivity index (χ1) is 10.1. The van der Waals surface area contributed by atoms with Gasteiger partial charge in [0, 0.05) is 22.4 Å². The van der Waals surface area contributed by atoms with Crippen molar-refractivity contribution in [3.8, 4) is 0 Å². The minimum Gasteiger partial charge on any atom is -0.361 e. The molecule has 0 spiro atoms. The van der Waals surface area contributed by atoms with Crippen molar-refractivity contribution < 1.29 is 4.79 Å². The van der Waals surface area contributed by atoms with Crippen LogP contribution in [0.25, 0.3) is 10.9 Å². The molecule has 2 aromatic carbocycles. The number of aromatic amines is 1. The SMILES string of the molecule is Cc1cc(Cl)ccc1NC(=O)Cc1ccc2cc[nH]c2c1. The number of rotatable bonds is 3. The van der Waals surface area contributed by atoms with E-state index in [0.29, 0.717) is 11.4 Å². The summed E-state index contributed by atoms with van der Waals surface area (Å²) in [5.74, 6) is -0.0358. The molecule has 0 bridgehead atoms. The van der Waals surface area contributed by atoms with Crippen molar-refractivity contribution >= 4 is 34.1 Å². The predicted octanol–water partition coefficient (Wildman–Crippen LogP) is 4.31. The second-order valence-electron chi connectivity index (χ2n) is 5.08. The van der Waals surface area contributed by atoms with Crippen molar-refractivity contribution in [3.05, 3.63) is 64.8 Å². The first-order valence-corrected chi connectivity index (χ1v) is 7.11. The summed E-state index contributed by atoms with van der Waals surface area (Å²) in [5.41, 5.74) is 3.78. The fraction of sp³-hybridized carbons (Fsp3) is 0.118. The third-order valence-electron chi connectivity index (χ3n) is 3.45. The van der Waals surface area contributed by atoms with Crippen molar-refractivity contribution in [1.29, 1.82) is 0 Å². The first kappa shape index (κ1) is 13.7. The molecule has 0 aliphatic heterocycles. The van der Waals surface area contributed by atoms with Gasteiger partial charge in [-0.25, -0.2) is 0 Å². The van der Waals surface area contributed by atoms with Gasteiger partial charge in [0.25, 0.3) is 0 Å². The van der Waals surface area contributed by atoms with Gasteiger partial charge in [0.05, 0.1) is 6.42 Å². The lowest BCUT2D eigenvalue weighted by molar-refractivity contribution is -0.115. The van der Waals surface area contributed by atoms with E-state index in [2.05, 4.69) is 10.3 Å². The Morgan fingerprint density at radius 2 is 2.05 bits per heavy atom. The third kappa shape index (κ3) is 3.09. The molecule has 0 fully saturated rings. The summed E-state index contributed by atoms with van der Waals surface area (Å²) in [6.45, 7) is 1.92. The summed E-state index contributed by atoms with van der Waals surface area (Å²) in [6, 6.07) is 13.4. The molecule has 21 heavy (non-hydrogen) atoms. The van der Waals surface area contributed by atoms with Gasteiger partial charge in [0.15, 0.2) is 0 Å². The second-order valence-corrected chi connectivity index (χ2v) is 5.52. The molecule has 4 heteroatoms. The van der Waals surface area contributed by atoms with E-state index in [1.54, 1.807) is 6.07 Å². The van der Waals surface area contributed by atoms with Crippen LogP contribution in [0.2, 0.25) is 5.02 Å². The van der Waals surface area contributed by atoms with Crippen LogP contribution in [-0.2, 0) is 11.2 Å². The van der Waals surface area contributed by atoms with Gasteiger partial charge in [-0.2, -0.15) is 0 Å². The molecule has 0 radical (unpaired) electrons. The van der Waals surface area contributed by atoms with E-state index in [-0.39, 0.29) is 5.91 Å². The second kappa shape index (κ2) is 5.62. The summed E-state index contributed by atoms with van der Waals surface area (Å²) in [5, 5.41) is 4.74. The highest BCUT2D eigenvalue weighted by Gasteiger charge is 2.07. The maximum Gasteiger partial charge on any atom is 0.228 e. The molecule has 0 unspecified atom stereocenters. The van der Waals surface area contributed by atoms with E-state index in [0.717, 1.165) is 27.7 Å². The van der Waals surface area contributed by atoms with Crippen molar-refractivity contribution in [2.45, 2.75) is 13.3 Å². The molecule has 1 aromatic heterocycles. The Morgan fingerprint density at radius 1 is 1.19 bits per heavy atom. The molecule has 0 aliphatic rings. The van der Waals surface area contributed by atoms with E-state index >= 15 is 0 Å². The number of hydrogen-bond acceptors (Lipinski definition) is 1. The highest BCUT2D eigenvalue weighted by atomic mass is 35.5. The topological polar surface area (TPSA) is 44.9 Å². The molecule has 106 valence electrons. The number of aryl methyl sites for hydroxylation is 1. The average molecular weight is 299 g/mol. The Labute approximate surface area is 127 Å². The van der Waals surface area contributed by atoms with Crippen LogP contribution in [0.4, 0.5) is 5.69 Å². The maximum atomic E-state index is 12.1. The zero-order valence-corrected chi connectivity index (χ0v) is 12.4. The molecule has 3 rings (SSSR count). The minimum atomic E-state index is -0.0358. The smallest absolute Gasteiger partial charge is 0.228 e. The molecule has 1 amide bonds. The van der Waals surface area contributed by atoms with Crippen molar-refractivity contribution in [1.82, 2.24) is 4.98 Å². The van der Waals surface area contributed by atoms with Crippen LogP contribution >= 0.6 is 11.6 Å². The van der Waals surface area contributed by atoms with Crippen molar-refractivity contribution in [2.24, 2.45) is 0 Å². The van der Waals surface area contributed by atoms with E-state index in [1.165, 1.54) is 0 Å². The fourth-order valence-electron chi connectivity index (χ4n) is 2.35. The first-order valence-electron chi connectivity index (χ1n) is 6.74. The average Bonchev–Trinajstić information content (AvgIpc) is 2.89. The Kier molecular flexibility index (Phi) is 3.67. The third-order valence-corrected chi connectivity index (χ3v) is 3.68. The van der Waals surface area contributed by atoms with Gasteiger partial charge in [0.2, 0.25) is 5.91 Å². The van der Waals surface area contributed by atoms with Gasteiger partial charge in [0.1, 0.15) is 0 Å². The Morgan fingerprint density at radius 3 is 2.86 bits per heavy atom. The van der Waals surface area contributed by atoms with Crippen LogP contribution in [0.15, 0.2) is 48.7 Å². The number of amides is 1. The summed E-state index contributed by atoms with van der Waals surface area (Å²) in [7, 11) is 0. The zero-order chi connectivity index (χ0) is 14.8. The number of H-pyrrole nitrogens is 1. The molecule has 3 aromatic rings. The van der Waals surface area contributed by atoms with E-state index in [1.807, 2.05) is 49.5 Å². The number of halogens is 1. The van der Waals surface area contributed by atoms with Crippen LogP contribution in [-0.4, -0.2) is 10.9 Å². The van der Waals surface area contributed by atoms with Crippen LogP contribution in [0.3, 0.4) is 0 Å². The molecule has 0 aliphatic carbocycles. The lowest BCUT2D eigenvalue weighted by Crippen LogP contribution is -2.15. The number of hydrogen-bond donors (Lipinski definition) is 2. The van der Waals surface area contributed by atoms with Gasteiger partial charge in [-0.1, -0.05) is 23.7 Å². The van der Waals surface area contributed by atoms with Gasteiger partial charge in [-0.3, -0.25) is 4.79 Å². The van der Waals surface area contributed by atoms with Crippen molar-refractivity contribution in [2.75, 3.05) is 5.32 Å². The largest absolute Gasteiger partial charge is 0.361 e. The van der Waals surface area contributed by atoms with E-state index < -0.39 is 0 Å². The fourth-order valence-corrected chi connectivity index (χ4v) is 2.58. The van der Waals surface area contributed by atoms with E-state index in [9.17, 15) is 4.79 Å². The number of nitrogens with one attached hydrogen (secondary N) is 2. The molecule has 0 atom stereocenters. The number of anilines is 1. The number of benzene rings is 2. The highest BCUT2D eigenvalue weighted by molar-refractivity contribution is 6.30. The highest BCUT2D eigenvalue weighted by Crippen LogP contribution is 2.20. The Hall–Kier alpha value is -2.26. The predicted molar refractivity (Wildman–Crippen MR) is 86.8 cm³/mol. The summed E-state index contributed by atoms with van der Waals surface area (Å²) in [4.78, 5) is 15.3. The monoisotopic (exact) mass is 298 g/mol. The van der Waals surface area contributed by atoms with Crippen LogP contribution in [0.1, 0.15) is 11.1 Å². The number of carbonyl (C=O) groups excluding carboxylic acids is 1. The lowest BCUT2D eigenvalue weighted by Gasteiger charge is -2.09. The van der Waals surface area contributed by atoms with Gasteiger partial charge >= 0.3 is 0 Å². The normalized spacial score (nSPS) is 10.8. The Balaban J connectivity index is 1.73. The molecular weight excluding hydrogens is 284 g/mol. The van der Waals surface area contributed by atoms with Gasteiger partial charge < -0.3 is 10.3 Å². The summed E-state index contributed by atoms with van der Waals surface area (Å²) in [6.07, 6.45) is 2.24. The molecule has 0 saturated heterocycles. The van der Waals surface area contributed by atoms with Gasteiger partial charge in [-0.15, -0.1) is 0 Å². The Bertz CT molecular complexity index is 807. The molecule has 1 heterocycles. The van der Waals surface area contributed by atoms with Crippen LogP contribution < -0.4 is 5.32 Å². The standard InChI is InChI=1S/C17H15ClN2O/c1-11-8-14(18)4-5-15(11)20-17(21)10-12-2-3-13-6-7-19-16(13)9-12/h2-9,19H,10H2,1H3,(H,20,21). The lowest BCUT2D eigenvalue weighted by atomic mass is 10.1. The number of aromatic nitrogens is 1. The van der Waals surface area contributed by atoms with Crippen molar-refractivity contribution in [3.63, 3.8) is 0 Å².